The number of ether oxygens (including phenoxy) is 1. The Morgan fingerprint density at radius 1 is 1.45 bits per heavy atom. The Bertz CT molecular complexity index is 477. The van der Waals surface area contributed by atoms with Crippen LogP contribution in [0.4, 0.5) is 11.4 Å². The summed E-state index contributed by atoms with van der Waals surface area (Å²) in [5.41, 5.74) is 0.948. The van der Waals surface area contributed by atoms with Gasteiger partial charge in [0.15, 0.2) is 0 Å². The minimum atomic E-state index is -0.372. The summed E-state index contributed by atoms with van der Waals surface area (Å²) in [7, 11) is 3.46. The van der Waals surface area contributed by atoms with Gasteiger partial charge in [-0.05, 0) is 26.3 Å². The Kier molecular flexibility index (Phi) is 4.79. The molecule has 1 aliphatic heterocycles. The van der Waals surface area contributed by atoms with E-state index in [1.54, 1.807) is 6.07 Å². The number of likely N-dealkylation sites (N-methyl/N-ethyl adjacent to an activating group) is 1. The summed E-state index contributed by atoms with van der Waals surface area (Å²) in [5.74, 6) is 0.531. The molecular weight excluding hydrogens is 258 g/mol. The van der Waals surface area contributed by atoms with Crippen LogP contribution in [0.1, 0.15) is 19.3 Å². The van der Waals surface area contributed by atoms with Crippen LogP contribution in [0.2, 0.25) is 0 Å². The lowest BCUT2D eigenvalue weighted by Gasteiger charge is -2.37. The maximum Gasteiger partial charge on any atom is 0.275 e. The highest BCUT2D eigenvalue weighted by molar-refractivity contribution is 5.59. The quantitative estimate of drug-likeness (QED) is 0.661. The number of nitrogens with one attached hydrogen (secondary N) is 1. The van der Waals surface area contributed by atoms with Crippen molar-refractivity contribution < 1.29 is 9.66 Å². The second-order valence-electron chi connectivity index (χ2n) is 5.05. The van der Waals surface area contributed by atoms with Crippen molar-refractivity contribution in [3.63, 3.8) is 0 Å². The van der Waals surface area contributed by atoms with Crippen LogP contribution in [-0.2, 0) is 0 Å². The summed E-state index contributed by atoms with van der Waals surface area (Å²) < 4.78 is 5.18. The van der Waals surface area contributed by atoms with E-state index in [9.17, 15) is 10.1 Å². The van der Waals surface area contributed by atoms with E-state index in [0.717, 1.165) is 31.6 Å². The van der Waals surface area contributed by atoms with E-state index >= 15 is 0 Å². The van der Waals surface area contributed by atoms with Crippen molar-refractivity contribution in [1.82, 2.24) is 5.32 Å². The van der Waals surface area contributed by atoms with Gasteiger partial charge >= 0.3 is 0 Å². The third kappa shape index (κ3) is 3.19. The van der Waals surface area contributed by atoms with Gasteiger partial charge in [0.2, 0.25) is 0 Å². The lowest BCUT2D eigenvalue weighted by Crippen LogP contribution is -2.45. The number of non-ortho nitro benzene ring substituents is 1. The van der Waals surface area contributed by atoms with Crippen LogP contribution in [0.15, 0.2) is 18.2 Å². The number of nitro benzene ring substituents is 1. The van der Waals surface area contributed by atoms with Gasteiger partial charge in [0, 0.05) is 37.0 Å². The van der Waals surface area contributed by atoms with Gasteiger partial charge in [-0.2, -0.15) is 0 Å². The van der Waals surface area contributed by atoms with Crippen LogP contribution >= 0.6 is 0 Å². The van der Waals surface area contributed by atoms with Gasteiger partial charge in [-0.25, -0.2) is 0 Å². The molecular formula is C14H21N3O3. The van der Waals surface area contributed by atoms with Gasteiger partial charge in [-0.1, -0.05) is 0 Å². The maximum atomic E-state index is 11.0. The molecule has 0 aromatic heterocycles. The lowest BCUT2D eigenvalue weighted by atomic mass is 10.0. The summed E-state index contributed by atoms with van der Waals surface area (Å²) >= 11 is 0. The molecule has 1 unspecified atom stereocenters. The summed E-state index contributed by atoms with van der Waals surface area (Å²) in [6, 6.07) is 5.35. The molecule has 1 atom stereocenters. The number of benzene rings is 1. The average molecular weight is 279 g/mol. The molecule has 1 N–H and O–H groups in total. The highest BCUT2D eigenvalue weighted by Gasteiger charge is 2.24. The molecule has 20 heavy (non-hydrogen) atoms. The second-order valence-corrected chi connectivity index (χ2v) is 5.05. The molecule has 0 radical (unpaired) electrons. The molecule has 110 valence electrons. The van der Waals surface area contributed by atoms with Gasteiger partial charge < -0.3 is 15.0 Å². The van der Waals surface area contributed by atoms with Crippen molar-refractivity contribution in [3.05, 3.63) is 28.3 Å². The minimum absolute atomic E-state index is 0.0770. The van der Waals surface area contributed by atoms with E-state index in [1.165, 1.54) is 19.6 Å². The zero-order valence-corrected chi connectivity index (χ0v) is 12.0. The first-order valence-corrected chi connectivity index (χ1v) is 6.90. The number of nitro groups is 1. The van der Waals surface area contributed by atoms with Crippen molar-refractivity contribution >= 4 is 11.4 Å². The van der Waals surface area contributed by atoms with Gasteiger partial charge in [-0.3, -0.25) is 10.1 Å². The monoisotopic (exact) mass is 279 g/mol. The van der Waals surface area contributed by atoms with Crippen molar-refractivity contribution in [3.8, 4) is 5.75 Å². The smallest absolute Gasteiger partial charge is 0.275 e. The van der Waals surface area contributed by atoms with Gasteiger partial charge in [0.1, 0.15) is 5.75 Å². The molecule has 6 nitrogen and oxygen atoms in total. The lowest BCUT2D eigenvalue weighted by molar-refractivity contribution is -0.384. The number of anilines is 1. The molecule has 1 heterocycles. The molecule has 0 amide bonds. The van der Waals surface area contributed by atoms with Gasteiger partial charge in [-0.15, -0.1) is 0 Å². The zero-order valence-electron chi connectivity index (χ0n) is 12.0. The summed E-state index contributed by atoms with van der Waals surface area (Å²) in [5, 5.41) is 14.2. The molecule has 1 fully saturated rings. The third-order valence-electron chi connectivity index (χ3n) is 3.72. The van der Waals surface area contributed by atoms with Crippen LogP contribution in [0.25, 0.3) is 0 Å². The average Bonchev–Trinajstić information content (AvgIpc) is 2.47. The molecule has 1 saturated heterocycles. The summed E-state index contributed by atoms with van der Waals surface area (Å²) in [4.78, 5) is 12.9. The van der Waals surface area contributed by atoms with Crippen LogP contribution in [0, 0.1) is 10.1 Å². The standard InChI is InChI=1S/C14H21N3O3/c1-15-10-11-5-3-4-6-16(11)12-7-13(17(18)19)9-14(8-12)20-2/h7-9,11,15H,3-6,10H2,1-2H3. The fourth-order valence-electron chi connectivity index (χ4n) is 2.75. The van der Waals surface area contributed by atoms with E-state index in [2.05, 4.69) is 10.2 Å². The first kappa shape index (κ1) is 14.6. The van der Waals surface area contributed by atoms with Gasteiger partial charge in [0.05, 0.1) is 18.1 Å². The molecule has 0 saturated carbocycles. The Hall–Kier alpha value is -1.82. The molecule has 1 aliphatic rings. The van der Waals surface area contributed by atoms with Crippen LogP contribution in [-0.4, -0.2) is 38.2 Å². The highest BCUT2D eigenvalue weighted by Crippen LogP contribution is 2.32. The molecule has 0 aliphatic carbocycles. The van der Waals surface area contributed by atoms with Crippen LogP contribution in [0.5, 0.6) is 5.75 Å². The largest absolute Gasteiger partial charge is 0.496 e. The third-order valence-corrected chi connectivity index (χ3v) is 3.72. The summed E-state index contributed by atoms with van der Waals surface area (Å²) in [6.45, 7) is 1.81. The van der Waals surface area contributed by atoms with Gasteiger partial charge in [0.25, 0.3) is 5.69 Å². The molecule has 6 heteroatoms. The topological polar surface area (TPSA) is 67.6 Å². The van der Waals surface area contributed by atoms with Crippen molar-refractivity contribution in [1.29, 1.82) is 0 Å². The minimum Gasteiger partial charge on any atom is -0.496 e. The van der Waals surface area contributed by atoms with Crippen molar-refractivity contribution in [2.75, 3.05) is 32.1 Å². The fourth-order valence-corrected chi connectivity index (χ4v) is 2.75. The SMILES string of the molecule is CNCC1CCCCN1c1cc(OC)cc([N+](=O)[O-])c1. The summed E-state index contributed by atoms with van der Waals surface area (Å²) in [6.07, 6.45) is 3.42. The van der Waals surface area contributed by atoms with E-state index in [-0.39, 0.29) is 10.6 Å². The first-order chi connectivity index (χ1) is 9.65. The van der Waals surface area contributed by atoms with Crippen LogP contribution in [0.3, 0.4) is 0 Å². The van der Waals surface area contributed by atoms with E-state index in [4.69, 9.17) is 4.74 Å². The normalized spacial score (nSPS) is 18.9. The number of hydrogen-bond acceptors (Lipinski definition) is 5. The Balaban J connectivity index is 2.33. The molecule has 2 rings (SSSR count). The van der Waals surface area contributed by atoms with Crippen LogP contribution < -0.4 is 15.0 Å². The predicted molar refractivity (Wildman–Crippen MR) is 78.6 cm³/mol. The Labute approximate surface area is 118 Å². The number of piperidine rings is 1. The maximum absolute atomic E-state index is 11.0. The second kappa shape index (κ2) is 6.56. The number of hydrogen-bond donors (Lipinski definition) is 1. The fraction of sp³-hybridized carbons (Fsp3) is 0.571. The Morgan fingerprint density at radius 2 is 2.25 bits per heavy atom. The number of nitrogens with zero attached hydrogens (tertiary/aromatic N) is 2. The van der Waals surface area contributed by atoms with Crippen molar-refractivity contribution in [2.24, 2.45) is 0 Å². The van der Waals surface area contributed by atoms with E-state index < -0.39 is 0 Å². The molecule has 1 aromatic carbocycles. The number of methoxy groups -OCH3 is 1. The Morgan fingerprint density at radius 3 is 2.90 bits per heavy atom. The first-order valence-electron chi connectivity index (χ1n) is 6.90. The molecule has 0 spiro atoms. The number of rotatable bonds is 5. The molecule has 0 bridgehead atoms. The highest BCUT2D eigenvalue weighted by atomic mass is 16.6. The predicted octanol–water partition coefficient (Wildman–Crippen LogP) is 2.18. The van der Waals surface area contributed by atoms with Crippen molar-refractivity contribution in [2.45, 2.75) is 25.3 Å². The van der Waals surface area contributed by atoms with E-state index in [0.29, 0.717) is 11.8 Å². The molecule has 1 aromatic rings. The zero-order chi connectivity index (χ0) is 14.5. The van der Waals surface area contributed by atoms with E-state index in [1.807, 2.05) is 13.1 Å².